The average molecular weight is 471 g/mol. The third kappa shape index (κ3) is 10.2. The Hall–Kier alpha value is -0.750. The van der Waals surface area contributed by atoms with Gasteiger partial charge in [-0.3, -0.25) is 4.79 Å². The van der Waals surface area contributed by atoms with Crippen LogP contribution in [0, 0.1) is 10.8 Å². The molecule has 196 valence electrons. The van der Waals surface area contributed by atoms with Gasteiger partial charge in [0.05, 0.1) is 29.5 Å². The van der Waals surface area contributed by atoms with Crippen molar-refractivity contribution in [2.75, 3.05) is 13.2 Å². The maximum absolute atomic E-state index is 12.0. The first kappa shape index (κ1) is 32.2. The molecule has 5 nitrogen and oxygen atoms in total. The Morgan fingerprint density at radius 2 is 1.30 bits per heavy atom. The van der Waals surface area contributed by atoms with E-state index in [1.54, 1.807) is 27.7 Å². The number of ether oxygens (including phenoxy) is 3. The Balaban J connectivity index is 5.03. The second-order valence-electron chi connectivity index (χ2n) is 13.0. The minimum absolute atomic E-state index is 0.0196. The normalized spacial score (nSPS) is 15.5. The van der Waals surface area contributed by atoms with Crippen LogP contribution in [0.15, 0.2) is 12.7 Å². The number of hydrogen-bond acceptors (Lipinski definition) is 5. The van der Waals surface area contributed by atoms with Gasteiger partial charge in [-0.2, -0.15) is 0 Å². The van der Waals surface area contributed by atoms with Crippen LogP contribution in [0.3, 0.4) is 0 Å². The van der Waals surface area contributed by atoms with E-state index in [-0.39, 0.29) is 28.3 Å². The van der Waals surface area contributed by atoms with Gasteiger partial charge in [0.2, 0.25) is 0 Å². The quantitative estimate of drug-likeness (QED) is 0.261. The average Bonchev–Trinajstić information content (AvgIpc) is 2.57. The molecule has 1 unspecified atom stereocenters. The maximum atomic E-state index is 12.0. The first-order valence-electron chi connectivity index (χ1n) is 12.3. The summed E-state index contributed by atoms with van der Waals surface area (Å²) in [6.45, 7) is 31.1. The molecule has 0 aromatic heterocycles. The number of rotatable bonds is 16. The van der Waals surface area contributed by atoms with E-state index in [0.717, 1.165) is 12.8 Å². The number of carbonyl (C=O) groups is 1. The van der Waals surface area contributed by atoms with E-state index in [4.69, 9.17) is 14.2 Å². The van der Waals surface area contributed by atoms with Crippen LogP contribution in [-0.2, 0) is 19.0 Å². The van der Waals surface area contributed by atoms with E-state index in [9.17, 15) is 9.90 Å². The molecule has 0 saturated carbocycles. The van der Waals surface area contributed by atoms with E-state index < -0.39 is 16.8 Å². The molecule has 0 saturated heterocycles. The molecule has 0 amide bonds. The Morgan fingerprint density at radius 3 is 1.76 bits per heavy atom. The third-order valence-electron chi connectivity index (χ3n) is 7.70. The van der Waals surface area contributed by atoms with Gasteiger partial charge < -0.3 is 19.3 Å². The fraction of sp³-hybridized carbons (Fsp3) is 0.893. The maximum Gasteiger partial charge on any atom is 0.186 e. The van der Waals surface area contributed by atoms with Gasteiger partial charge in [0, 0.05) is 6.61 Å². The zero-order chi connectivity index (χ0) is 26.5. The number of aliphatic hydroxyl groups is 1. The van der Waals surface area contributed by atoms with Crippen molar-refractivity contribution in [1.82, 2.24) is 0 Å². The molecule has 5 heteroatoms. The first-order valence-corrected chi connectivity index (χ1v) is 12.3. The summed E-state index contributed by atoms with van der Waals surface area (Å²) in [6.07, 6.45) is 3.52. The molecule has 0 rings (SSSR count). The summed E-state index contributed by atoms with van der Waals surface area (Å²) in [5, 5.41) is 9.98. The zero-order valence-corrected chi connectivity index (χ0v) is 24.0. The molecule has 1 N–H and O–H groups in total. The summed E-state index contributed by atoms with van der Waals surface area (Å²) in [6, 6.07) is 0. The monoisotopic (exact) mass is 470 g/mol. The lowest BCUT2D eigenvalue weighted by molar-refractivity contribution is -0.170. The van der Waals surface area contributed by atoms with Crippen molar-refractivity contribution in [2.45, 2.75) is 138 Å². The van der Waals surface area contributed by atoms with Gasteiger partial charge in [-0.15, -0.1) is 0 Å². The van der Waals surface area contributed by atoms with Gasteiger partial charge in [0.1, 0.15) is 5.60 Å². The molecule has 0 bridgehead atoms. The molecule has 0 aromatic carbocycles. The van der Waals surface area contributed by atoms with Crippen LogP contribution in [0.25, 0.3) is 0 Å². The van der Waals surface area contributed by atoms with Crippen molar-refractivity contribution in [1.29, 1.82) is 0 Å². The number of hydrogen-bond donors (Lipinski definition) is 1. The first-order chi connectivity index (χ1) is 14.5. The van der Waals surface area contributed by atoms with E-state index in [1.807, 2.05) is 0 Å². The van der Waals surface area contributed by atoms with Gasteiger partial charge in [-0.25, -0.2) is 0 Å². The predicted octanol–water partition coefficient (Wildman–Crippen LogP) is 6.51. The van der Waals surface area contributed by atoms with Gasteiger partial charge in [-0.1, -0.05) is 34.3 Å². The third-order valence-corrected chi connectivity index (χ3v) is 7.70. The summed E-state index contributed by atoms with van der Waals surface area (Å²) in [5.41, 5.74) is -2.67. The lowest BCUT2D eigenvalue weighted by Gasteiger charge is -2.47. The predicted molar refractivity (Wildman–Crippen MR) is 138 cm³/mol. The Labute approximate surface area is 204 Å². The molecule has 0 radical (unpaired) electrons. The fourth-order valence-electron chi connectivity index (χ4n) is 3.60. The van der Waals surface area contributed by atoms with Gasteiger partial charge >= 0.3 is 0 Å². The molecule has 1 atom stereocenters. The Morgan fingerprint density at radius 1 is 0.818 bits per heavy atom. The molecule has 0 aliphatic heterocycles. The summed E-state index contributed by atoms with van der Waals surface area (Å²) in [4.78, 5) is 12.0. The second-order valence-corrected chi connectivity index (χ2v) is 13.0. The van der Waals surface area contributed by atoms with Crippen LogP contribution in [-0.4, -0.2) is 52.6 Å². The molecule has 0 fully saturated rings. The lowest BCUT2D eigenvalue weighted by Crippen LogP contribution is -2.48. The second kappa shape index (κ2) is 11.3. The number of ketones is 1. The Kier molecular flexibility index (Phi) is 11.1. The summed E-state index contributed by atoms with van der Waals surface area (Å²) in [5.74, 6) is -0.112. The van der Waals surface area contributed by atoms with Crippen molar-refractivity contribution in [3.8, 4) is 0 Å². The molecule has 0 spiro atoms. The van der Waals surface area contributed by atoms with Crippen molar-refractivity contribution in [3.05, 3.63) is 12.7 Å². The van der Waals surface area contributed by atoms with Crippen LogP contribution in [0.5, 0.6) is 0 Å². The van der Waals surface area contributed by atoms with Crippen LogP contribution < -0.4 is 0 Å². The minimum atomic E-state index is -0.864. The zero-order valence-electron chi connectivity index (χ0n) is 24.0. The minimum Gasteiger partial charge on any atom is -0.390 e. The lowest BCUT2D eigenvalue weighted by atomic mass is 9.72. The largest absolute Gasteiger partial charge is 0.390 e. The van der Waals surface area contributed by atoms with E-state index in [1.165, 1.54) is 6.08 Å². The van der Waals surface area contributed by atoms with Gasteiger partial charge in [0.25, 0.3) is 0 Å². The SMILES string of the molecule is C=CC(=O)C(C)(C)OCCC(C)(C)C(C)(C)OC(C)CC(C)(C)C(C)(C)OCCC(C)(C)O. The number of carbonyl (C=O) groups excluding carboxylic acids is 1. The van der Waals surface area contributed by atoms with Crippen molar-refractivity contribution in [2.24, 2.45) is 10.8 Å². The summed E-state index contributed by atoms with van der Waals surface area (Å²) >= 11 is 0. The van der Waals surface area contributed by atoms with Crippen LogP contribution in [0.4, 0.5) is 0 Å². The van der Waals surface area contributed by atoms with Crippen LogP contribution in [0.1, 0.15) is 109 Å². The smallest absolute Gasteiger partial charge is 0.186 e. The highest BCUT2D eigenvalue weighted by atomic mass is 16.5. The molecular formula is C28H54O5. The molecule has 0 heterocycles. The highest BCUT2D eigenvalue weighted by Gasteiger charge is 2.43. The molecule has 0 aliphatic rings. The molecule has 0 aliphatic carbocycles. The van der Waals surface area contributed by atoms with Gasteiger partial charge in [-0.05, 0) is 98.5 Å². The topological polar surface area (TPSA) is 65.0 Å². The van der Waals surface area contributed by atoms with Crippen molar-refractivity contribution < 1.29 is 24.1 Å². The van der Waals surface area contributed by atoms with E-state index in [2.05, 4.69) is 68.9 Å². The summed E-state index contributed by atoms with van der Waals surface area (Å²) in [7, 11) is 0. The standard InChI is InChI=1S/C28H54O5/c1-15-22(29)26(9,10)31-18-16-23(3,4)28(13,14)33-21(2)20-24(5,6)27(11,12)32-19-17-25(7,8)30/h15,21,30H,1,16-20H2,2-14H3. The molecule has 0 aromatic rings. The van der Waals surface area contributed by atoms with Crippen molar-refractivity contribution in [3.63, 3.8) is 0 Å². The van der Waals surface area contributed by atoms with Crippen molar-refractivity contribution >= 4 is 5.78 Å². The highest BCUT2D eigenvalue weighted by molar-refractivity contribution is 5.95. The van der Waals surface area contributed by atoms with E-state index in [0.29, 0.717) is 19.6 Å². The molecular weight excluding hydrogens is 416 g/mol. The Bertz CT molecular complexity index is 635. The summed E-state index contributed by atoms with van der Waals surface area (Å²) < 4.78 is 18.7. The fourth-order valence-corrected chi connectivity index (χ4v) is 3.60. The van der Waals surface area contributed by atoms with Crippen LogP contribution in [0.2, 0.25) is 0 Å². The van der Waals surface area contributed by atoms with E-state index >= 15 is 0 Å². The van der Waals surface area contributed by atoms with Gasteiger partial charge in [0.15, 0.2) is 5.78 Å². The van der Waals surface area contributed by atoms with Crippen LogP contribution >= 0.6 is 0 Å². The highest BCUT2D eigenvalue weighted by Crippen LogP contribution is 2.42. The molecule has 33 heavy (non-hydrogen) atoms.